The predicted molar refractivity (Wildman–Crippen MR) is 83.7 cm³/mol. The van der Waals surface area contributed by atoms with Gasteiger partial charge in [0.1, 0.15) is 0 Å². The average molecular weight is 280 g/mol. The van der Waals surface area contributed by atoms with Gasteiger partial charge in [-0.15, -0.1) is 0 Å². The second kappa shape index (κ2) is 14.1. The van der Waals surface area contributed by atoms with Crippen molar-refractivity contribution in [3.8, 4) is 0 Å². The Morgan fingerprint density at radius 3 is 2.50 bits per heavy atom. The number of aliphatic carboxylic acids is 1. The molecule has 0 aliphatic rings. The van der Waals surface area contributed by atoms with Crippen molar-refractivity contribution in [3.63, 3.8) is 0 Å². The molecule has 0 aromatic carbocycles. The van der Waals surface area contributed by atoms with Crippen LogP contribution in [-0.2, 0) is 4.79 Å². The Morgan fingerprint density at radius 2 is 1.80 bits per heavy atom. The third kappa shape index (κ3) is 14.7. The Morgan fingerprint density at radius 1 is 1.05 bits per heavy atom. The van der Waals surface area contributed by atoms with E-state index in [2.05, 4.69) is 19.1 Å². The summed E-state index contributed by atoms with van der Waals surface area (Å²) >= 11 is 0. The number of carbonyl (C=O) groups is 1. The van der Waals surface area contributed by atoms with Crippen molar-refractivity contribution >= 4 is 5.97 Å². The maximum Gasteiger partial charge on any atom is 0.303 e. The monoisotopic (exact) mass is 280 g/mol. The van der Waals surface area contributed by atoms with Gasteiger partial charge in [-0.05, 0) is 32.1 Å². The molecule has 0 saturated carbocycles. The lowest BCUT2D eigenvalue weighted by Gasteiger charge is -1.99. The summed E-state index contributed by atoms with van der Waals surface area (Å²) in [6, 6.07) is 0. The van der Waals surface area contributed by atoms with Crippen molar-refractivity contribution < 1.29 is 15.0 Å². The molecule has 0 radical (unpaired) electrons. The van der Waals surface area contributed by atoms with Crippen LogP contribution >= 0.6 is 0 Å². The minimum Gasteiger partial charge on any atom is -0.481 e. The molecule has 0 aliphatic carbocycles. The number of hydrogen-bond acceptors (Lipinski definition) is 2. The summed E-state index contributed by atoms with van der Waals surface area (Å²) in [6.07, 6.45) is 18.2. The minimum atomic E-state index is -0.706. The normalized spacial score (nSPS) is 13.7. The Hall–Kier alpha value is -1.35. The van der Waals surface area contributed by atoms with E-state index in [1.54, 1.807) is 6.08 Å². The molecule has 0 aromatic heterocycles. The van der Waals surface area contributed by atoms with Gasteiger partial charge in [-0.1, -0.05) is 56.2 Å². The van der Waals surface area contributed by atoms with Crippen molar-refractivity contribution in [3.05, 3.63) is 36.5 Å². The molecule has 0 saturated heterocycles. The third-order valence-electron chi connectivity index (χ3n) is 2.87. The quantitative estimate of drug-likeness (QED) is 0.319. The molecule has 0 fully saturated rings. The van der Waals surface area contributed by atoms with Crippen LogP contribution in [0.3, 0.4) is 0 Å². The number of unbranched alkanes of at least 4 members (excludes halogenated alkanes) is 4. The van der Waals surface area contributed by atoms with Crippen LogP contribution in [0.2, 0.25) is 0 Å². The molecule has 20 heavy (non-hydrogen) atoms. The van der Waals surface area contributed by atoms with Crippen LogP contribution in [-0.4, -0.2) is 22.3 Å². The number of hydrogen-bond donors (Lipinski definition) is 2. The smallest absolute Gasteiger partial charge is 0.303 e. The highest BCUT2D eigenvalue weighted by Crippen LogP contribution is 2.06. The van der Waals surface area contributed by atoms with Gasteiger partial charge < -0.3 is 10.2 Å². The fourth-order valence-electron chi connectivity index (χ4n) is 1.74. The van der Waals surface area contributed by atoms with Gasteiger partial charge in [-0.3, -0.25) is 4.79 Å². The highest BCUT2D eigenvalue weighted by Gasteiger charge is 1.95. The fourth-order valence-corrected chi connectivity index (χ4v) is 1.74. The maximum absolute atomic E-state index is 10.3. The first-order chi connectivity index (χ1) is 9.66. The van der Waals surface area contributed by atoms with Gasteiger partial charge in [0.25, 0.3) is 0 Å². The van der Waals surface area contributed by atoms with Gasteiger partial charge in [0.05, 0.1) is 6.10 Å². The minimum absolute atomic E-state index is 0.281. The van der Waals surface area contributed by atoms with Crippen LogP contribution in [0, 0.1) is 0 Å². The molecule has 0 aromatic rings. The summed E-state index contributed by atoms with van der Waals surface area (Å²) in [4.78, 5) is 10.3. The molecule has 0 spiro atoms. The highest BCUT2D eigenvalue weighted by molar-refractivity contribution is 5.66. The Kier molecular flexibility index (Phi) is 13.1. The summed E-state index contributed by atoms with van der Waals surface area (Å²) in [5, 5.41) is 18.1. The fraction of sp³-hybridized carbons (Fsp3) is 0.588. The summed E-state index contributed by atoms with van der Waals surface area (Å²) in [5.74, 6) is -0.706. The molecular formula is C17H28O3. The van der Waals surface area contributed by atoms with Gasteiger partial charge in [0.15, 0.2) is 0 Å². The summed E-state index contributed by atoms with van der Waals surface area (Å²) in [6.45, 7) is 2.07. The largest absolute Gasteiger partial charge is 0.481 e. The summed E-state index contributed by atoms with van der Waals surface area (Å²) in [7, 11) is 0. The van der Waals surface area contributed by atoms with E-state index >= 15 is 0 Å². The van der Waals surface area contributed by atoms with E-state index in [4.69, 9.17) is 5.11 Å². The molecule has 1 atom stereocenters. The Bertz CT molecular complexity index is 316. The SMILES string of the molecule is CCC=CCC(O)C=CC=CCCCCCCC(=O)O. The van der Waals surface area contributed by atoms with Gasteiger partial charge in [-0.2, -0.15) is 0 Å². The molecule has 0 amide bonds. The molecule has 0 aliphatic heterocycles. The number of rotatable bonds is 12. The van der Waals surface area contributed by atoms with Gasteiger partial charge >= 0.3 is 5.97 Å². The molecule has 114 valence electrons. The van der Waals surface area contributed by atoms with Crippen LogP contribution in [0.25, 0.3) is 0 Å². The van der Waals surface area contributed by atoms with Crippen LogP contribution in [0.4, 0.5) is 0 Å². The molecule has 0 rings (SSSR count). The van der Waals surface area contributed by atoms with Crippen molar-refractivity contribution in [2.75, 3.05) is 0 Å². The van der Waals surface area contributed by atoms with Gasteiger partial charge in [0.2, 0.25) is 0 Å². The molecule has 0 bridgehead atoms. The van der Waals surface area contributed by atoms with Crippen LogP contribution < -0.4 is 0 Å². The first kappa shape index (κ1) is 18.7. The molecular weight excluding hydrogens is 252 g/mol. The van der Waals surface area contributed by atoms with E-state index in [1.165, 1.54) is 0 Å². The first-order valence-corrected chi connectivity index (χ1v) is 7.55. The predicted octanol–water partition coefficient (Wildman–Crippen LogP) is 4.24. The van der Waals surface area contributed by atoms with E-state index in [0.29, 0.717) is 6.42 Å². The maximum atomic E-state index is 10.3. The lowest BCUT2D eigenvalue weighted by atomic mass is 10.1. The molecule has 3 nitrogen and oxygen atoms in total. The van der Waals surface area contributed by atoms with Crippen molar-refractivity contribution in [1.82, 2.24) is 0 Å². The molecule has 0 heterocycles. The molecule has 3 heteroatoms. The van der Waals surface area contributed by atoms with Gasteiger partial charge in [-0.25, -0.2) is 0 Å². The zero-order chi connectivity index (χ0) is 15.1. The number of aliphatic hydroxyl groups is 1. The Labute approximate surface area is 122 Å². The van der Waals surface area contributed by atoms with E-state index in [0.717, 1.165) is 38.5 Å². The number of aliphatic hydroxyl groups excluding tert-OH is 1. The highest BCUT2D eigenvalue weighted by atomic mass is 16.4. The zero-order valence-corrected chi connectivity index (χ0v) is 12.5. The molecule has 2 N–H and O–H groups in total. The van der Waals surface area contributed by atoms with E-state index in [9.17, 15) is 9.90 Å². The molecule has 1 unspecified atom stereocenters. The van der Waals surface area contributed by atoms with E-state index in [-0.39, 0.29) is 6.42 Å². The topological polar surface area (TPSA) is 57.5 Å². The van der Waals surface area contributed by atoms with Crippen molar-refractivity contribution in [1.29, 1.82) is 0 Å². The second-order valence-corrected chi connectivity index (χ2v) is 4.84. The van der Waals surface area contributed by atoms with Crippen molar-refractivity contribution in [2.24, 2.45) is 0 Å². The van der Waals surface area contributed by atoms with Crippen LogP contribution in [0.1, 0.15) is 58.3 Å². The summed E-state index contributed by atoms with van der Waals surface area (Å²) < 4.78 is 0. The average Bonchev–Trinajstić information content (AvgIpc) is 2.41. The first-order valence-electron chi connectivity index (χ1n) is 7.55. The lowest BCUT2D eigenvalue weighted by molar-refractivity contribution is -0.137. The van der Waals surface area contributed by atoms with Crippen molar-refractivity contribution in [2.45, 2.75) is 64.4 Å². The van der Waals surface area contributed by atoms with Gasteiger partial charge in [0, 0.05) is 6.42 Å². The number of carboxylic acid groups (broad SMARTS) is 1. The van der Waals surface area contributed by atoms with Crippen LogP contribution in [0.5, 0.6) is 0 Å². The third-order valence-corrected chi connectivity index (χ3v) is 2.87. The van der Waals surface area contributed by atoms with Crippen LogP contribution in [0.15, 0.2) is 36.5 Å². The number of allylic oxidation sites excluding steroid dienone is 4. The zero-order valence-electron chi connectivity index (χ0n) is 12.5. The number of carboxylic acids is 1. The summed E-state index contributed by atoms with van der Waals surface area (Å²) in [5.41, 5.74) is 0. The lowest BCUT2D eigenvalue weighted by Crippen LogP contribution is -1.98. The van der Waals surface area contributed by atoms with E-state index in [1.807, 2.05) is 18.2 Å². The van der Waals surface area contributed by atoms with E-state index < -0.39 is 12.1 Å². The standard InChI is InChI=1S/C17H28O3/c1-2-3-10-13-16(18)14-11-8-6-4-5-7-9-12-15-17(19)20/h3,6,8,10-11,14,16,18H,2,4-5,7,9,12-13,15H2,1H3,(H,19,20). The second-order valence-electron chi connectivity index (χ2n) is 4.84. The Balaban J connectivity index is 3.46.